The first kappa shape index (κ1) is 13.2. The number of hydrogen-bond acceptors (Lipinski definition) is 5. The zero-order chi connectivity index (χ0) is 13.8. The monoisotopic (exact) mass is 272 g/mol. The van der Waals surface area contributed by atoms with Gasteiger partial charge in [0.2, 0.25) is 0 Å². The quantitative estimate of drug-likeness (QED) is 0.929. The molecule has 0 bridgehead atoms. The molecule has 2 aromatic heterocycles. The minimum Gasteiger partial charge on any atom is -0.342 e. The highest BCUT2D eigenvalue weighted by molar-refractivity contribution is 7.09. The zero-order valence-electron chi connectivity index (χ0n) is 10.5. The highest BCUT2D eigenvalue weighted by atomic mass is 32.1. The molecule has 5 nitrogen and oxygen atoms in total. The van der Waals surface area contributed by atoms with Crippen LogP contribution >= 0.6 is 11.3 Å². The van der Waals surface area contributed by atoms with Gasteiger partial charge in [-0.15, -0.1) is 11.3 Å². The van der Waals surface area contributed by atoms with Gasteiger partial charge in [0.05, 0.1) is 11.6 Å². The van der Waals surface area contributed by atoms with Crippen LogP contribution in [0.4, 0.5) is 0 Å². The van der Waals surface area contributed by atoms with E-state index in [1.54, 1.807) is 6.07 Å². The van der Waals surface area contributed by atoms with E-state index in [0.717, 1.165) is 10.7 Å². The van der Waals surface area contributed by atoms with Crippen LogP contribution in [-0.2, 0) is 0 Å². The summed E-state index contributed by atoms with van der Waals surface area (Å²) in [4.78, 5) is 20.2. The Kier molecular flexibility index (Phi) is 3.88. The first-order valence-corrected chi connectivity index (χ1v) is 6.57. The van der Waals surface area contributed by atoms with E-state index in [1.807, 2.05) is 25.3 Å². The molecule has 0 fully saturated rings. The van der Waals surface area contributed by atoms with Gasteiger partial charge in [-0.25, -0.2) is 9.97 Å². The van der Waals surface area contributed by atoms with Gasteiger partial charge in [-0.05, 0) is 26.0 Å². The number of amides is 1. The number of aromatic nitrogens is 2. The lowest BCUT2D eigenvalue weighted by Crippen LogP contribution is -2.27. The van der Waals surface area contributed by atoms with Gasteiger partial charge in [-0.2, -0.15) is 5.26 Å². The molecule has 2 heterocycles. The van der Waals surface area contributed by atoms with Crippen molar-refractivity contribution in [2.75, 3.05) is 0 Å². The molecule has 1 unspecified atom stereocenters. The van der Waals surface area contributed by atoms with Gasteiger partial charge >= 0.3 is 0 Å². The Labute approximate surface area is 114 Å². The van der Waals surface area contributed by atoms with Gasteiger partial charge in [0.15, 0.2) is 0 Å². The van der Waals surface area contributed by atoms with Gasteiger partial charge in [0.1, 0.15) is 16.8 Å². The van der Waals surface area contributed by atoms with E-state index in [1.165, 1.54) is 23.6 Å². The topological polar surface area (TPSA) is 78.7 Å². The Morgan fingerprint density at radius 3 is 2.84 bits per heavy atom. The average molecular weight is 272 g/mol. The molecule has 2 rings (SSSR count). The largest absolute Gasteiger partial charge is 0.342 e. The number of hydrogen-bond donors (Lipinski definition) is 1. The molecule has 0 saturated carbocycles. The fraction of sp³-hybridized carbons (Fsp3) is 0.231. The summed E-state index contributed by atoms with van der Waals surface area (Å²) in [6.07, 6.45) is 1.38. The maximum absolute atomic E-state index is 12.0. The first-order chi connectivity index (χ1) is 9.10. The minimum absolute atomic E-state index is 0.163. The van der Waals surface area contributed by atoms with Crippen LogP contribution in [0.1, 0.15) is 39.7 Å². The summed E-state index contributed by atoms with van der Waals surface area (Å²) < 4.78 is 0. The third kappa shape index (κ3) is 3.14. The summed E-state index contributed by atoms with van der Waals surface area (Å²) in [5.74, 6) is -0.273. The molecule has 1 atom stereocenters. The van der Waals surface area contributed by atoms with Crippen molar-refractivity contribution < 1.29 is 4.79 Å². The molecule has 2 aromatic rings. The molecule has 19 heavy (non-hydrogen) atoms. The predicted molar refractivity (Wildman–Crippen MR) is 71.7 cm³/mol. The van der Waals surface area contributed by atoms with Crippen molar-refractivity contribution >= 4 is 17.2 Å². The molecule has 0 aliphatic carbocycles. The SMILES string of the molecule is Cc1csc(C(C)NC(=O)c2ccc(C#N)cn2)n1. The van der Waals surface area contributed by atoms with Crippen molar-refractivity contribution in [3.63, 3.8) is 0 Å². The van der Waals surface area contributed by atoms with Crippen molar-refractivity contribution in [1.82, 2.24) is 15.3 Å². The number of nitriles is 1. The molecule has 0 aromatic carbocycles. The molecule has 0 aliphatic rings. The molecule has 0 radical (unpaired) electrons. The number of thiazole rings is 1. The molecule has 1 N–H and O–H groups in total. The lowest BCUT2D eigenvalue weighted by Gasteiger charge is -2.10. The summed E-state index contributed by atoms with van der Waals surface area (Å²) in [5, 5.41) is 14.3. The third-order valence-corrected chi connectivity index (χ3v) is 3.63. The first-order valence-electron chi connectivity index (χ1n) is 5.69. The van der Waals surface area contributed by atoms with Crippen LogP contribution in [0.5, 0.6) is 0 Å². The number of nitrogens with one attached hydrogen (secondary N) is 1. The molecule has 96 valence electrons. The average Bonchev–Trinajstić information content (AvgIpc) is 2.85. The number of carbonyl (C=O) groups excluding carboxylic acids is 1. The smallest absolute Gasteiger partial charge is 0.270 e. The van der Waals surface area contributed by atoms with Crippen molar-refractivity contribution in [2.24, 2.45) is 0 Å². The molecule has 6 heteroatoms. The zero-order valence-corrected chi connectivity index (χ0v) is 11.4. The van der Waals surface area contributed by atoms with Crippen molar-refractivity contribution in [3.05, 3.63) is 45.7 Å². The van der Waals surface area contributed by atoms with Crippen LogP contribution in [0, 0.1) is 18.3 Å². The van der Waals surface area contributed by atoms with Crippen molar-refractivity contribution in [2.45, 2.75) is 19.9 Å². The Morgan fingerprint density at radius 2 is 2.32 bits per heavy atom. The van der Waals surface area contributed by atoms with Crippen LogP contribution in [-0.4, -0.2) is 15.9 Å². The van der Waals surface area contributed by atoms with Gasteiger partial charge in [0, 0.05) is 17.3 Å². The second-order valence-electron chi connectivity index (χ2n) is 4.07. The van der Waals surface area contributed by atoms with Gasteiger partial charge < -0.3 is 5.32 Å². The predicted octanol–water partition coefficient (Wildman–Crippen LogP) is 2.21. The number of aryl methyl sites for hydroxylation is 1. The fourth-order valence-electron chi connectivity index (χ4n) is 1.50. The van der Waals surface area contributed by atoms with E-state index in [9.17, 15) is 4.79 Å². The van der Waals surface area contributed by atoms with E-state index < -0.39 is 0 Å². The standard InChI is InChI=1S/C13H12N4OS/c1-8-7-19-13(16-8)9(2)17-12(18)11-4-3-10(5-14)6-15-11/h3-4,6-7,9H,1-2H3,(H,17,18). The fourth-order valence-corrected chi connectivity index (χ4v) is 2.30. The second kappa shape index (κ2) is 5.59. The van der Waals surface area contributed by atoms with E-state index in [2.05, 4.69) is 15.3 Å². The van der Waals surface area contributed by atoms with Gasteiger partial charge in [-0.3, -0.25) is 4.79 Å². The number of pyridine rings is 1. The van der Waals surface area contributed by atoms with Crippen molar-refractivity contribution in [3.8, 4) is 6.07 Å². The number of nitrogens with zero attached hydrogens (tertiary/aromatic N) is 3. The van der Waals surface area contributed by atoms with Crippen LogP contribution < -0.4 is 5.32 Å². The second-order valence-corrected chi connectivity index (χ2v) is 4.96. The summed E-state index contributed by atoms with van der Waals surface area (Å²) >= 11 is 1.51. The lowest BCUT2D eigenvalue weighted by molar-refractivity contribution is 0.0935. The van der Waals surface area contributed by atoms with Crippen LogP contribution in [0.3, 0.4) is 0 Å². The van der Waals surface area contributed by atoms with E-state index >= 15 is 0 Å². The Balaban J connectivity index is 2.06. The van der Waals surface area contributed by atoms with Crippen molar-refractivity contribution in [1.29, 1.82) is 5.26 Å². The molecule has 1 amide bonds. The highest BCUT2D eigenvalue weighted by Gasteiger charge is 2.14. The normalized spacial score (nSPS) is 11.6. The maximum Gasteiger partial charge on any atom is 0.270 e. The summed E-state index contributed by atoms with van der Waals surface area (Å²) in [5.41, 5.74) is 1.66. The van der Waals surface area contributed by atoms with Crippen LogP contribution in [0.25, 0.3) is 0 Å². The third-order valence-electron chi connectivity index (χ3n) is 2.48. The molecule has 0 saturated heterocycles. The van der Waals surface area contributed by atoms with Gasteiger partial charge in [0.25, 0.3) is 5.91 Å². The molecule has 0 aliphatic heterocycles. The number of carbonyl (C=O) groups is 1. The summed E-state index contributed by atoms with van der Waals surface area (Å²) in [6, 6.07) is 4.90. The summed E-state index contributed by atoms with van der Waals surface area (Å²) in [7, 11) is 0. The Bertz CT molecular complexity index is 627. The Hall–Kier alpha value is -2.26. The molecule has 0 spiro atoms. The Morgan fingerprint density at radius 1 is 1.53 bits per heavy atom. The van der Waals surface area contributed by atoms with E-state index in [0.29, 0.717) is 11.3 Å². The van der Waals surface area contributed by atoms with Crippen LogP contribution in [0.15, 0.2) is 23.7 Å². The lowest BCUT2D eigenvalue weighted by atomic mass is 10.2. The van der Waals surface area contributed by atoms with E-state index in [-0.39, 0.29) is 11.9 Å². The molecular weight excluding hydrogens is 260 g/mol. The molecular formula is C13H12N4OS. The number of rotatable bonds is 3. The van der Waals surface area contributed by atoms with Crippen LogP contribution in [0.2, 0.25) is 0 Å². The van der Waals surface area contributed by atoms with E-state index in [4.69, 9.17) is 5.26 Å². The summed E-state index contributed by atoms with van der Waals surface area (Å²) in [6.45, 7) is 3.79. The highest BCUT2D eigenvalue weighted by Crippen LogP contribution is 2.17. The minimum atomic E-state index is -0.273. The maximum atomic E-state index is 12.0. The van der Waals surface area contributed by atoms with Gasteiger partial charge in [-0.1, -0.05) is 0 Å².